The predicted molar refractivity (Wildman–Crippen MR) is 147 cm³/mol. The van der Waals surface area contributed by atoms with Crippen LogP contribution < -0.4 is 11.5 Å². The second-order valence-electron chi connectivity index (χ2n) is 8.34. The van der Waals surface area contributed by atoms with E-state index in [2.05, 4.69) is 79.4 Å². The summed E-state index contributed by atoms with van der Waals surface area (Å²) < 4.78 is 0. The summed E-state index contributed by atoms with van der Waals surface area (Å²) in [5.41, 5.74) is 24.0. The molecule has 2 heteroatoms. The van der Waals surface area contributed by atoms with E-state index >= 15 is 0 Å². The third-order valence-corrected chi connectivity index (χ3v) is 6.15. The number of anilines is 2. The Labute approximate surface area is 200 Å². The summed E-state index contributed by atoms with van der Waals surface area (Å²) >= 11 is 0. The van der Waals surface area contributed by atoms with Crippen LogP contribution >= 0.6 is 0 Å². The molecular weight excluding hydrogens is 412 g/mol. The fourth-order valence-corrected chi connectivity index (χ4v) is 4.45. The van der Waals surface area contributed by atoms with Gasteiger partial charge in [-0.25, -0.2) is 0 Å². The molecule has 0 aliphatic carbocycles. The molecule has 0 heterocycles. The number of nitrogen functional groups attached to an aromatic ring is 2. The van der Waals surface area contributed by atoms with Crippen molar-refractivity contribution in [2.45, 2.75) is 0 Å². The Balaban J connectivity index is 1.67. The first-order valence-corrected chi connectivity index (χ1v) is 11.3. The number of benzene rings is 5. The van der Waals surface area contributed by atoms with Crippen LogP contribution in [0.2, 0.25) is 0 Å². The van der Waals surface area contributed by atoms with E-state index in [0.717, 1.165) is 50.3 Å². The molecule has 0 unspecified atom stereocenters. The highest BCUT2D eigenvalue weighted by Gasteiger charge is 2.15. The average molecular weight is 439 g/mol. The molecule has 0 aliphatic heterocycles. The number of rotatable bonds is 5. The summed E-state index contributed by atoms with van der Waals surface area (Å²) in [5.74, 6) is 0. The highest BCUT2D eigenvalue weighted by Crippen LogP contribution is 2.41. The molecule has 0 amide bonds. The van der Waals surface area contributed by atoms with Crippen LogP contribution in [0.1, 0.15) is 5.56 Å². The Morgan fingerprint density at radius 1 is 0.441 bits per heavy atom. The van der Waals surface area contributed by atoms with Crippen molar-refractivity contribution in [3.63, 3.8) is 0 Å². The van der Waals surface area contributed by atoms with Crippen LogP contribution in [0.25, 0.3) is 50.6 Å². The van der Waals surface area contributed by atoms with Gasteiger partial charge in [0.05, 0.1) is 0 Å². The van der Waals surface area contributed by atoms with Crippen LogP contribution in [-0.4, -0.2) is 0 Å². The molecule has 0 spiro atoms. The van der Waals surface area contributed by atoms with Crippen LogP contribution in [0.4, 0.5) is 11.4 Å². The fraction of sp³-hybridized carbons (Fsp3) is 0. The third kappa shape index (κ3) is 4.10. The molecule has 164 valence electrons. The highest BCUT2D eigenvalue weighted by atomic mass is 14.5. The Morgan fingerprint density at radius 3 is 1.65 bits per heavy atom. The van der Waals surface area contributed by atoms with Crippen molar-refractivity contribution in [2.75, 3.05) is 11.5 Å². The van der Waals surface area contributed by atoms with Crippen LogP contribution in [0.15, 0.2) is 122 Å². The van der Waals surface area contributed by atoms with E-state index in [9.17, 15) is 0 Å². The van der Waals surface area contributed by atoms with E-state index in [1.54, 1.807) is 0 Å². The largest absolute Gasteiger partial charge is 0.399 e. The average Bonchev–Trinajstić information content (AvgIpc) is 2.89. The van der Waals surface area contributed by atoms with E-state index in [1.165, 1.54) is 11.1 Å². The van der Waals surface area contributed by atoms with Gasteiger partial charge in [-0.05, 0) is 74.3 Å². The number of hydrogen-bond donors (Lipinski definition) is 2. The van der Waals surface area contributed by atoms with Crippen molar-refractivity contribution in [1.82, 2.24) is 0 Å². The second-order valence-corrected chi connectivity index (χ2v) is 8.34. The summed E-state index contributed by atoms with van der Waals surface area (Å²) in [4.78, 5) is 0. The highest BCUT2D eigenvalue weighted by molar-refractivity contribution is 5.95. The van der Waals surface area contributed by atoms with E-state index in [-0.39, 0.29) is 0 Å². The Kier molecular flexibility index (Phi) is 5.72. The molecule has 5 aromatic carbocycles. The molecule has 5 rings (SSSR count). The lowest BCUT2D eigenvalue weighted by atomic mass is 9.87. The molecule has 2 nitrogen and oxygen atoms in total. The SMILES string of the molecule is C=Cc1ccccc1-c1cc(N)ccc1-c1ccc(N)cc1-c1ccc(-c2ccccc2)cc1. The van der Waals surface area contributed by atoms with Crippen LogP contribution in [0, 0.1) is 0 Å². The minimum atomic E-state index is 0.724. The zero-order chi connectivity index (χ0) is 23.5. The maximum absolute atomic E-state index is 6.25. The Bertz CT molecular complexity index is 1470. The van der Waals surface area contributed by atoms with Gasteiger partial charge in [0.15, 0.2) is 0 Å². The molecule has 5 aromatic rings. The van der Waals surface area contributed by atoms with Crippen molar-refractivity contribution in [3.8, 4) is 44.5 Å². The predicted octanol–water partition coefficient (Wildman–Crippen LogP) is 8.16. The van der Waals surface area contributed by atoms with Crippen molar-refractivity contribution in [1.29, 1.82) is 0 Å². The molecule has 0 atom stereocenters. The Hall–Kier alpha value is -4.56. The number of nitrogens with two attached hydrogens (primary N) is 2. The molecule has 0 bridgehead atoms. The lowest BCUT2D eigenvalue weighted by Gasteiger charge is -2.17. The van der Waals surface area contributed by atoms with Crippen LogP contribution in [0.3, 0.4) is 0 Å². The molecule has 34 heavy (non-hydrogen) atoms. The van der Waals surface area contributed by atoms with Crippen molar-refractivity contribution in [3.05, 3.63) is 127 Å². The van der Waals surface area contributed by atoms with E-state index in [1.807, 2.05) is 48.5 Å². The van der Waals surface area contributed by atoms with E-state index in [0.29, 0.717) is 0 Å². The molecule has 0 aromatic heterocycles. The molecule has 0 fully saturated rings. The summed E-state index contributed by atoms with van der Waals surface area (Å²) in [6.45, 7) is 4.00. The van der Waals surface area contributed by atoms with Gasteiger partial charge >= 0.3 is 0 Å². The Morgan fingerprint density at radius 2 is 0.971 bits per heavy atom. The van der Waals surface area contributed by atoms with Crippen molar-refractivity contribution < 1.29 is 0 Å². The van der Waals surface area contributed by atoms with Gasteiger partial charge in [-0.2, -0.15) is 0 Å². The zero-order valence-electron chi connectivity index (χ0n) is 18.9. The lowest BCUT2D eigenvalue weighted by Crippen LogP contribution is -1.95. The minimum absolute atomic E-state index is 0.724. The van der Waals surface area contributed by atoms with Crippen LogP contribution in [-0.2, 0) is 0 Å². The fourth-order valence-electron chi connectivity index (χ4n) is 4.45. The van der Waals surface area contributed by atoms with Gasteiger partial charge in [0.2, 0.25) is 0 Å². The summed E-state index contributed by atoms with van der Waals surface area (Å²) in [6.07, 6.45) is 1.88. The zero-order valence-corrected chi connectivity index (χ0v) is 18.9. The van der Waals surface area contributed by atoms with Gasteiger partial charge < -0.3 is 11.5 Å². The quantitative estimate of drug-likeness (QED) is 0.272. The molecule has 4 N–H and O–H groups in total. The summed E-state index contributed by atoms with van der Waals surface area (Å²) in [5, 5.41) is 0. The summed E-state index contributed by atoms with van der Waals surface area (Å²) in [7, 11) is 0. The normalized spacial score (nSPS) is 10.7. The second kappa shape index (κ2) is 9.13. The van der Waals surface area contributed by atoms with Crippen molar-refractivity contribution >= 4 is 17.5 Å². The molecular formula is C32H26N2. The monoisotopic (exact) mass is 438 g/mol. The molecule has 0 radical (unpaired) electrons. The molecule has 0 saturated carbocycles. The van der Waals surface area contributed by atoms with Gasteiger partial charge in [0.1, 0.15) is 0 Å². The van der Waals surface area contributed by atoms with Crippen LogP contribution in [0.5, 0.6) is 0 Å². The third-order valence-electron chi connectivity index (χ3n) is 6.15. The first-order chi connectivity index (χ1) is 16.6. The van der Waals surface area contributed by atoms with Gasteiger partial charge in [-0.15, -0.1) is 0 Å². The number of hydrogen-bond acceptors (Lipinski definition) is 2. The van der Waals surface area contributed by atoms with Gasteiger partial charge in [-0.1, -0.05) is 104 Å². The lowest BCUT2D eigenvalue weighted by molar-refractivity contribution is 1.54. The van der Waals surface area contributed by atoms with Crippen molar-refractivity contribution in [2.24, 2.45) is 0 Å². The first-order valence-electron chi connectivity index (χ1n) is 11.3. The molecule has 0 aliphatic rings. The standard InChI is InChI=1S/C32H26N2/c1-2-22-8-6-7-11-28(22)32-21-27(34)17-19-30(32)29-18-16-26(33)20-31(29)25-14-12-24(13-15-25)23-9-4-3-5-10-23/h2-21H,1,33-34H2. The minimum Gasteiger partial charge on any atom is -0.399 e. The van der Waals surface area contributed by atoms with Gasteiger partial charge in [0, 0.05) is 11.4 Å². The van der Waals surface area contributed by atoms with Gasteiger partial charge in [-0.3, -0.25) is 0 Å². The molecule has 0 saturated heterocycles. The first kappa shape index (κ1) is 21.3. The topological polar surface area (TPSA) is 52.0 Å². The van der Waals surface area contributed by atoms with Gasteiger partial charge in [0.25, 0.3) is 0 Å². The van der Waals surface area contributed by atoms with E-state index < -0.39 is 0 Å². The van der Waals surface area contributed by atoms with E-state index in [4.69, 9.17) is 11.5 Å². The maximum atomic E-state index is 6.25. The summed E-state index contributed by atoms with van der Waals surface area (Å²) in [6, 6.07) is 39.5. The maximum Gasteiger partial charge on any atom is 0.0320 e. The smallest absolute Gasteiger partial charge is 0.0320 e.